The summed E-state index contributed by atoms with van der Waals surface area (Å²) in [5.74, 6) is 0.0943. The van der Waals surface area contributed by atoms with E-state index in [0.29, 0.717) is 11.6 Å². The van der Waals surface area contributed by atoms with Crippen LogP contribution in [-0.4, -0.2) is 80.1 Å². The molecule has 2 saturated heterocycles. The minimum atomic E-state index is 0.0943. The van der Waals surface area contributed by atoms with Gasteiger partial charge < -0.3 is 15.1 Å². The number of pyridine rings is 1. The number of benzene rings is 1. The van der Waals surface area contributed by atoms with Crippen molar-refractivity contribution in [1.29, 1.82) is 0 Å². The second-order valence-electron chi connectivity index (χ2n) is 7.88. The number of carbonyl (C=O) groups excluding carboxylic acids is 1. The van der Waals surface area contributed by atoms with Crippen molar-refractivity contribution in [2.24, 2.45) is 0 Å². The van der Waals surface area contributed by atoms with Crippen molar-refractivity contribution in [3.63, 3.8) is 0 Å². The minimum absolute atomic E-state index is 0.0943. The second kappa shape index (κ2) is 8.29. The average Bonchev–Trinajstić information content (AvgIpc) is 3.24. The first-order valence-electron chi connectivity index (χ1n) is 10.1. The van der Waals surface area contributed by atoms with Gasteiger partial charge >= 0.3 is 0 Å². The summed E-state index contributed by atoms with van der Waals surface area (Å²) in [6, 6.07) is 10.8. The van der Waals surface area contributed by atoms with Gasteiger partial charge in [-0.05, 0) is 30.2 Å². The van der Waals surface area contributed by atoms with E-state index < -0.39 is 0 Å². The molecule has 1 atom stereocenters. The van der Waals surface area contributed by atoms with Gasteiger partial charge in [0.15, 0.2) is 0 Å². The Balaban J connectivity index is 1.46. The van der Waals surface area contributed by atoms with Crippen LogP contribution in [0.15, 0.2) is 42.7 Å². The molecule has 0 bridgehead atoms. The fourth-order valence-electron chi connectivity index (χ4n) is 4.12. The van der Waals surface area contributed by atoms with Gasteiger partial charge in [-0.15, -0.1) is 0 Å². The van der Waals surface area contributed by atoms with Gasteiger partial charge in [-0.2, -0.15) is 0 Å². The molecule has 0 aliphatic carbocycles. The van der Waals surface area contributed by atoms with Crippen LogP contribution in [0.1, 0.15) is 16.8 Å². The van der Waals surface area contributed by atoms with Gasteiger partial charge in [0.1, 0.15) is 0 Å². The van der Waals surface area contributed by atoms with E-state index in [4.69, 9.17) is 0 Å². The summed E-state index contributed by atoms with van der Waals surface area (Å²) in [5.41, 5.74) is 3.89. The van der Waals surface area contributed by atoms with E-state index in [2.05, 4.69) is 44.4 Å². The predicted octanol–water partition coefficient (Wildman–Crippen LogP) is 1.93. The number of nitrogens with zero attached hydrogens (tertiary/aromatic N) is 4. The predicted molar refractivity (Wildman–Crippen MR) is 113 cm³/mol. The van der Waals surface area contributed by atoms with Crippen molar-refractivity contribution in [1.82, 2.24) is 20.1 Å². The molecular weight excluding hydrogens is 350 g/mol. The van der Waals surface area contributed by atoms with E-state index in [1.165, 1.54) is 0 Å². The van der Waals surface area contributed by atoms with E-state index in [-0.39, 0.29) is 5.91 Å². The maximum Gasteiger partial charge on any atom is 0.255 e. The zero-order chi connectivity index (χ0) is 19.5. The number of hydrogen-bond acceptors (Lipinski definition) is 5. The molecular formula is C22H29N5O. The smallest absolute Gasteiger partial charge is 0.255 e. The van der Waals surface area contributed by atoms with Gasteiger partial charge in [0.05, 0.1) is 5.56 Å². The van der Waals surface area contributed by atoms with Crippen molar-refractivity contribution in [2.45, 2.75) is 12.5 Å². The normalized spacial score (nSPS) is 20.4. The quantitative estimate of drug-likeness (QED) is 0.880. The zero-order valence-electron chi connectivity index (χ0n) is 16.8. The van der Waals surface area contributed by atoms with Gasteiger partial charge in [0.25, 0.3) is 5.91 Å². The molecule has 2 aliphatic rings. The van der Waals surface area contributed by atoms with Crippen molar-refractivity contribution in [3.05, 3.63) is 48.3 Å². The fraction of sp³-hybridized carbons (Fsp3) is 0.455. The van der Waals surface area contributed by atoms with E-state index in [1.54, 1.807) is 6.20 Å². The SMILES string of the molecule is CN(C)c1ccc(-c2cncc(C(=O)N3CCC(N4CCNCC4)C3)c2)cc1. The Morgan fingerprint density at radius 1 is 1.07 bits per heavy atom. The van der Waals surface area contributed by atoms with Crippen LogP contribution in [0.5, 0.6) is 0 Å². The summed E-state index contributed by atoms with van der Waals surface area (Å²) in [6.07, 6.45) is 4.58. The van der Waals surface area contributed by atoms with E-state index >= 15 is 0 Å². The Labute approximate surface area is 167 Å². The molecule has 4 rings (SSSR count). The van der Waals surface area contributed by atoms with Crippen LogP contribution in [0.3, 0.4) is 0 Å². The van der Waals surface area contributed by atoms with Crippen molar-refractivity contribution in [2.75, 3.05) is 58.3 Å². The number of amides is 1. The van der Waals surface area contributed by atoms with Gasteiger partial charge in [0.2, 0.25) is 0 Å². The van der Waals surface area contributed by atoms with Crippen LogP contribution in [-0.2, 0) is 0 Å². The maximum absolute atomic E-state index is 13.1. The molecule has 1 unspecified atom stereocenters. The maximum atomic E-state index is 13.1. The van der Waals surface area contributed by atoms with Crippen LogP contribution in [0.4, 0.5) is 5.69 Å². The molecule has 3 heterocycles. The number of rotatable bonds is 4. The largest absolute Gasteiger partial charge is 0.378 e. The summed E-state index contributed by atoms with van der Waals surface area (Å²) in [4.78, 5) is 24.0. The molecule has 2 fully saturated rings. The Morgan fingerprint density at radius 2 is 1.82 bits per heavy atom. The van der Waals surface area contributed by atoms with E-state index in [0.717, 1.165) is 62.5 Å². The highest BCUT2D eigenvalue weighted by atomic mass is 16.2. The highest BCUT2D eigenvalue weighted by molar-refractivity contribution is 5.95. The number of anilines is 1. The second-order valence-corrected chi connectivity index (χ2v) is 7.88. The summed E-state index contributed by atoms with van der Waals surface area (Å²) < 4.78 is 0. The molecule has 0 radical (unpaired) electrons. The Kier molecular flexibility index (Phi) is 5.59. The lowest BCUT2D eigenvalue weighted by atomic mass is 10.1. The molecule has 1 aromatic heterocycles. The average molecular weight is 380 g/mol. The van der Waals surface area contributed by atoms with E-state index in [1.807, 2.05) is 31.3 Å². The van der Waals surface area contributed by atoms with Crippen molar-refractivity contribution >= 4 is 11.6 Å². The third-order valence-electron chi connectivity index (χ3n) is 5.82. The highest BCUT2D eigenvalue weighted by Gasteiger charge is 2.31. The molecule has 28 heavy (non-hydrogen) atoms. The standard InChI is InChI=1S/C22H29N5O/c1-25(2)20-5-3-17(4-6-20)18-13-19(15-24-14-18)22(28)27-10-7-21(16-27)26-11-8-23-9-12-26/h3-6,13-15,21,23H,7-12,16H2,1-2H3. The topological polar surface area (TPSA) is 51.7 Å². The fourth-order valence-corrected chi connectivity index (χ4v) is 4.12. The lowest BCUT2D eigenvalue weighted by Gasteiger charge is -2.32. The van der Waals surface area contributed by atoms with Gasteiger partial charge in [-0.3, -0.25) is 14.7 Å². The summed E-state index contributed by atoms with van der Waals surface area (Å²) in [7, 11) is 4.05. The molecule has 1 N–H and O–H groups in total. The lowest BCUT2D eigenvalue weighted by molar-refractivity contribution is 0.0773. The Morgan fingerprint density at radius 3 is 2.54 bits per heavy atom. The van der Waals surface area contributed by atoms with Crippen LogP contribution < -0.4 is 10.2 Å². The molecule has 2 aromatic rings. The van der Waals surface area contributed by atoms with Crippen LogP contribution in [0.25, 0.3) is 11.1 Å². The molecule has 2 aliphatic heterocycles. The van der Waals surface area contributed by atoms with E-state index in [9.17, 15) is 4.79 Å². The molecule has 6 heteroatoms. The Hall–Kier alpha value is -2.44. The zero-order valence-corrected chi connectivity index (χ0v) is 16.8. The molecule has 0 saturated carbocycles. The van der Waals surface area contributed by atoms with Crippen molar-refractivity contribution in [3.8, 4) is 11.1 Å². The monoisotopic (exact) mass is 379 g/mol. The molecule has 0 spiro atoms. The summed E-state index contributed by atoms with van der Waals surface area (Å²) in [6.45, 7) is 5.89. The summed E-state index contributed by atoms with van der Waals surface area (Å²) in [5, 5.41) is 3.40. The first-order chi connectivity index (χ1) is 13.6. The van der Waals surface area contributed by atoms with Crippen LogP contribution in [0.2, 0.25) is 0 Å². The number of piperazine rings is 1. The molecule has 1 amide bonds. The third kappa shape index (κ3) is 4.03. The van der Waals surface area contributed by atoms with Gasteiger partial charge in [-0.1, -0.05) is 12.1 Å². The third-order valence-corrected chi connectivity index (χ3v) is 5.82. The highest BCUT2D eigenvalue weighted by Crippen LogP contribution is 2.24. The molecule has 1 aromatic carbocycles. The number of nitrogens with one attached hydrogen (secondary N) is 1. The number of hydrogen-bond donors (Lipinski definition) is 1. The summed E-state index contributed by atoms with van der Waals surface area (Å²) >= 11 is 0. The first-order valence-corrected chi connectivity index (χ1v) is 10.1. The van der Waals surface area contributed by atoms with Gasteiger partial charge in [0, 0.05) is 83.1 Å². The minimum Gasteiger partial charge on any atom is -0.378 e. The number of likely N-dealkylation sites (tertiary alicyclic amines) is 1. The van der Waals surface area contributed by atoms with Gasteiger partial charge in [-0.25, -0.2) is 0 Å². The van der Waals surface area contributed by atoms with Crippen LogP contribution >= 0.6 is 0 Å². The Bertz CT molecular complexity index is 814. The number of aromatic nitrogens is 1. The number of carbonyl (C=O) groups is 1. The molecule has 6 nitrogen and oxygen atoms in total. The first kappa shape index (κ1) is 18.9. The van der Waals surface area contributed by atoms with Crippen LogP contribution in [0, 0.1) is 0 Å². The molecule has 148 valence electrons. The lowest BCUT2D eigenvalue weighted by Crippen LogP contribution is -2.49. The van der Waals surface area contributed by atoms with Crippen molar-refractivity contribution < 1.29 is 4.79 Å².